The van der Waals surface area contributed by atoms with Crippen LogP contribution in [0.15, 0.2) is 0 Å². The van der Waals surface area contributed by atoms with Gasteiger partial charge in [-0.3, -0.25) is 5.10 Å². The highest BCUT2D eigenvalue weighted by Crippen LogP contribution is 2.08. The van der Waals surface area contributed by atoms with Gasteiger partial charge in [-0.05, 0) is 20.3 Å². The number of unbranched alkanes of at least 4 members (excludes halogenated alkanes) is 1. The molecule has 6 nitrogen and oxygen atoms in total. The van der Waals surface area contributed by atoms with Crippen molar-refractivity contribution in [3.05, 3.63) is 17.0 Å². The number of aliphatic hydroxyl groups is 1. The molecular weight excluding hydrogens is 244 g/mol. The number of carbonyl (C=O) groups is 1. The van der Waals surface area contributed by atoms with E-state index in [1.807, 2.05) is 13.8 Å². The first-order valence-electron chi connectivity index (χ1n) is 6.74. The molecule has 6 heteroatoms. The van der Waals surface area contributed by atoms with Gasteiger partial charge in [-0.25, -0.2) is 4.79 Å². The Morgan fingerprint density at radius 3 is 2.68 bits per heavy atom. The van der Waals surface area contributed by atoms with Gasteiger partial charge in [0.25, 0.3) is 0 Å². The van der Waals surface area contributed by atoms with Crippen LogP contribution in [0, 0.1) is 13.8 Å². The Labute approximate surface area is 114 Å². The van der Waals surface area contributed by atoms with Crippen LogP contribution in [-0.4, -0.2) is 45.9 Å². The maximum atomic E-state index is 12.0. The summed E-state index contributed by atoms with van der Waals surface area (Å²) < 4.78 is 0. The zero-order valence-electron chi connectivity index (χ0n) is 12.0. The fourth-order valence-electron chi connectivity index (χ4n) is 1.89. The average molecular weight is 268 g/mol. The molecule has 0 bridgehead atoms. The lowest BCUT2D eigenvalue weighted by molar-refractivity contribution is 0.176. The van der Waals surface area contributed by atoms with E-state index in [1.54, 1.807) is 4.90 Å². The lowest BCUT2D eigenvalue weighted by atomic mass is 10.2. The Kier molecular flexibility index (Phi) is 6.35. The maximum absolute atomic E-state index is 12.0. The zero-order valence-corrected chi connectivity index (χ0v) is 12.0. The molecule has 1 rings (SSSR count). The smallest absolute Gasteiger partial charge is 0.317 e. The quantitative estimate of drug-likeness (QED) is 0.698. The molecule has 0 aliphatic rings. The molecule has 108 valence electrons. The van der Waals surface area contributed by atoms with Crippen LogP contribution in [0.2, 0.25) is 0 Å². The first kappa shape index (κ1) is 15.5. The number of aromatic nitrogens is 2. The highest BCUT2D eigenvalue weighted by Gasteiger charge is 2.13. The first-order chi connectivity index (χ1) is 9.10. The zero-order chi connectivity index (χ0) is 14.3. The van der Waals surface area contributed by atoms with Crippen molar-refractivity contribution >= 4 is 6.03 Å². The van der Waals surface area contributed by atoms with Crippen LogP contribution in [0.25, 0.3) is 0 Å². The van der Waals surface area contributed by atoms with Crippen LogP contribution in [0.5, 0.6) is 0 Å². The average Bonchev–Trinajstić information content (AvgIpc) is 2.71. The molecule has 2 amide bonds. The van der Waals surface area contributed by atoms with Crippen LogP contribution in [0.1, 0.15) is 36.7 Å². The highest BCUT2D eigenvalue weighted by molar-refractivity contribution is 5.74. The minimum absolute atomic E-state index is 0.0130. The second-order valence-corrected chi connectivity index (χ2v) is 4.64. The van der Waals surface area contributed by atoms with Crippen molar-refractivity contribution in [2.75, 3.05) is 19.7 Å². The highest BCUT2D eigenvalue weighted by atomic mass is 16.3. The van der Waals surface area contributed by atoms with E-state index in [0.717, 1.165) is 29.8 Å². The fraction of sp³-hybridized carbons (Fsp3) is 0.692. The number of carbonyl (C=O) groups excluding carboxylic acids is 1. The third kappa shape index (κ3) is 4.55. The molecule has 0 unspecified atom stereocenters. The molecule has 0 fully saturated rings. The normalized spacial score (nSPS) is 10.5. The second-order valence-electron chi connectivity index (χ2n) is 4.64. The fourth-order valence-corrected chi connectivity index (χ4v) is 1.89. The van der Waals surface area contributed by atoms with Gasteiger partial charge in [-0.15, -0.1) is 0 Å². The van der Waals surface area contributed by atoms with Crippen LogP contribution < -0.4 is 5.32 Å². The molecule has 0 saturated heterocycles. The number of aliphatic hydroxyl groups excluding tert-OH is 1. The molecule has 0 spiro atoms. The monoisotopic (exact) mass is 268 g/mol. The van der Waals surface area contributed by atoms with E-state index in [4.69, 9.17) is 5.11 Å². The first-order valence-corrected chi connectivity index (χ1v) is 6.74. The van der Waals surface area contributed by atoms with Crippen molar-refractivity contribution in [3.63, 3.8) is 0 Å². The van der Waals surface area contributed by atoms with Crippen LogP contribution in [0.4, 0.5) is 4.79 Å². The molecule has 0 aromatic carbocycles. The van der Waals surface area contributed by atoms with E-state index in [0.29, 0.717) is 19.6 Å². The van der Waals surface area contributed by atoms with Gasteiger partial charge in [-0.2, -0.15) is 5.10 Å². The minimum atomic E-state index is -0.137. The number of hydrogen-bond acceptors (Lipinski definition) is 3. The summed E-state index contributed by atoms with van der Waals surface area (Å²) in [7, 11) is 0. The largest absolute Gasteiger partial charge is 0.395 e. The molecule has 3 N–H and O–H groups in total. The molecule has 0 saturated carbocycles. The van der Waals surface area contributed by atoms with Crippen molar-refractivity contribution in [2.45, 2.75) is 40.2 Å². The molecular formula is C13H24N4O2. The molecule has 1 heterocycles. The summed E-state index contributed by atoms with van der Waals surface area (Å²) in [5.74, 6) is 0. The van der Waals surface area contributed by atoms with Gasteiger partial charge < -0.3 is 15.3 Å². The molecule has 1 aromatic rings. The van der Waals surface area contributed by atoms with Gasteiger partial charge >= 0.3 is 6.03 Å². The summed E-state index contributed by atoms with van der Waals surface area (Å²) in [6.07, 6.45) is 1.96. The second kappa shape index (κ2) is 7.78. The molecule has 0 atom stereocenters. The Morgan fingerprint density at radius 1 is 1.42 bits per heavy atom. The number of nitrogens with zero attached hydrogens (tertiary/aromatic N) is 2. The van der Waals surface area contributed by atoms with E-state index in [9.17, 15) is 4.79 Å². The number of nitrogens with one attached hydrogen (secondary N) is 2. The number of hydrogen-bond donors (Lipinski definition) is 3. The number of urea groups is 1. The van der Waals surface area contributed by atoms with Gasteiger partial charge in [0, 0.05) is 30.9 Å². The Bertz CT molecular complexity index is 384. The summed E-state index contributed by atoms with van der Waals surface area (Å²) >= 11 is 0. The van der Waals surface area contributed by atoms with Crippen molar-refractivity contribution in [1.82, 2.24) is 20.4 Å². The van der Waals surface area contributed by atoms with E-state index >= 15 is 0 Å². The van der Waals surface area contributed by atoms with Gasteiger partial charge in [0.05, 0.1) is 12.3 Å². The van der Waals surface area contributed by atoms with E-state index < -0.39 is 0 Å². The Morgan fingerprint density at radius 2 is 2.16 bits per heavy atom. The summed E-state index contributed by atoms with van der Waals surface area (Å²) in [5, 5.41) is 18.9. The lowest BCUT2D eigenvalue weighted by Gasteiger charge is -2.22. The third-order valence-electron chi connectivity index (χ3n) is 3.14. The maximum Gasteiger partial charge on any atom is 0.317 e. The Hall–Kier alpha value is -1.56. The van der Waals surface area contributed by atoms with Gasteiger partial charge in [0.15, 0.2) is 0 Å². The molecule has 1 aromatic heterocycles. The number of aryl methyl sites for hydroxylation is 2. The van der Waals surface area contributed by atoms with Crippen LogP contribution >= 0.6 is 0 Å². The van der Waals surface area contributed by atoms with Gasteiger partial charge in [0.2, 0.25) is 0 Å². The third-order valence-corrected chi connectivity index (χ3v) is 3.14. The SMILES string of the molecule is CCCCN(CCO)C(=O)NCc1c(C)n[nH]c1C. The molecule has 19 heavy (non-hydrogen) atoms. The Balaban J connectivity index is 2.52. The molecule has 0 aliphatic heterocycles. The standard InChI is InChI=1S/C13H24N4O2/c1-4-5-6-17(7-8-18)13(19)14-9-12-10(2)15-16-11(12)3/h18H,4-9H2,1-3H3,(H,14,19)(H,15,16). The van der Waals surface area contributed by atoms with Crippen molar-refractivity contribution in [1.29, 1.82) is 0 Å². The lowest BCUT2D eigenvalue weighted by Crippen LogP contribution is -2.41. The summed E-state index contributed by atoms with van der Waals surface area (Å²) in [6, 6.07) is -0.137. The minimum Gasteiger partial charge on any atom is -0.395 e. The number of rotatable bonds is 7. The number of aromatic amines is 1. The van der Waals surface area contributed by atoms with Gasteiger partial charge in [-0.1, -0.05) is 13.3 Å². The molecule has 0 radical (unpaired) electrons. The summed E-state index contributed by atoms with van der Waals surface area (Å²) in [5.41, 5.74) is 2.90. The van der Waals surface area contributed by atoms with Crippen molar-refractivity contribution < 1.29 is 9.90 Å². The summed E-state index contributed by atoms with van der Waals surface area (Å²) in [6.45, 7) is 7.41. The topological polar surface area (TPSA) is 81.2 Å². The van der Waals surface area contributed by atoms with E-state index in [2.05, 4.69) is 22.4 Å². The number of amides is 2. The van der Waals surface area contributed by atoms with Crippen LogP contribution in [0.3, 0.4) is 0 Å². The van der Waals surface area contributed by atoms with E-state index in [-0.39, 0.29) is 12.6 Å². The van der Waals surface area contributed by atoms with Crippen molar-refractivity contribution in [2.24, 2.45) is 0 Å². The number of H-pyrrole nitrogens is 1. The molecule has 0 aliphatic carbocycles. The van der Waals surface area contributed by atoms with Gasteiger partial charge in [0.1, 0.15) is 0 Å². The predicted octanol–water partition coefficient (Wildman–Crippen LogP) is 1.33. The van der Waals surface area contributed by atoms with E-state index in [1.165, 1.54) is 0 Å². The predicted molar refractivity (Wildman–Crippen MR) is 73.9 cm³/mol. The summed E-state index contributed by atoms with van der Waals surface area (Å²) in [4.78, 5) is 13.7. The van der Waals surface area contributed by atoms with Crippen LogP contribution in [-0.2, 0) is 6.54 Å². The van der Waals surface area contributed by atoms with Crippen molar-refractivity contribution in [3.8, 4) is 0 Å².